The van der Waals surface area contributed by atoms with E-state index >= 15 is 0 Å². The number of hydrogen-bond donors (Lipinski definition) is 1. The fourth-order valence-electron chi connectivity index (χ4n) is 2.26. The van der Waals surface area contributed by atoms with E-state index in [0.29, 0.717) is 12.4 Å². The maximum absolute atomic E-state index is 9.79. The second-order valence-electron chi connectivity index (χ2n) is 4.88. The standard InChI is InChI=1S/C16H21BrN2O2/c1-4-13-16(17)14(19(5-2)18-13)10-21-15-9-7-6-8-12(15)11(3)20/h6-9,11,20H,4-5,10H2,1-3H3. The lowest BCUT2D eigenvalue weighted by Crippen LogP contribution is -2.08. The zero-order valence-corrected chi connectivity index (χ0v) is 14.2. The van der Waals surface area contributed by atoms with Gasteiger partial charge < -0.3 is 9.84 Å². The van der Waals surface area contributed by atoms with Gasteiger partial charge in [-0.25, -0.2) is 0 Å². The van der Waals surface area contributed by atoms with Gasteiger partial charge in [-0.05, 0) is 42.3 Å². The highest BCUT2D eigenvalue weighted by atomic mass is 79.9. The van der Waals surface area contributed by atoms with Crippen molar-refractivity contribution in [2.45, 2.75) is 46.4 Å². The molecule has 1 N–H and O–H groups in total. The average Bonchev–Trinajstić information content (AvgIpc) is 2.80. The van der Waals surface area contributed by atoms with Gasteiger partial charge >= 0.3 is 0 Å². The van der Waals surface area contributed by atoms with Crippen molar-refractivity contribution in [2.75, 3.05) is 0 Å². The second-order valence-corrected chi connectivity index (χ2v) is 5.67. The van der Waals surface area contributed by atoms with Crippen molar-refractivity contribution in [1.29, 1.82) is 0 Å². The van der Waals surface area contributed by atoms with Crippen molar-refractivity contribution >= 4 is 15.9 Å². The highest BCUT2D eigenvalue weighted by molar-refractivity contribution is 9.10. The number of benzene rings is 1. The highest BCUT2D eigenvalue weighted by Crippen LogP contribution is 2.28. The van der Waals surface area contributed by atoms with Gasteiger partial charge in [0.25, 0.3) is 0 Å². The molecule has 0 bridgehead atoms. The second kappa shape index (κ2) is 7.09. The maximum atomic E-state index is 9.79. The number of rotatable bonds is 6. The molecule has 2 rings (SSSR count). The number of hydrogen-bond acceptors (Lipinski definition) is 3. The molecule has 21 heavy (non-hydrogen) atoms. The SMILES string of the molecule is CCc1nn(CC)c(COc2ccccc2C(C)O)c1Br. The molecule has 0 saturated heterocycles. The van der Waals surface area contributed by atoms with Crippen molar-refractivity contribution in [2.24, 2.45) is 0 Å². The fourth-order valence-corrected chi connectivity index (χ4v) is 2.94. The summed E-state index contributed by atoms with van der Waals surface area (Å²) in [5.74, 6) is 0.710. The Hall–Kier alpha value is -1.33. The summed E-state index contributed by atoms with van der Waals surface area (Å²) >= 11 is 3.61. The van der Waals surface area contributed by atoms with Crippen LogP contribution in [0.25, 0.3) is 0 Å². The van der Waals surface area contributed by atoms with E-state index in [-0.39, 0.29) is 0 Å². The molecule has 1 unspecified atom stereocenters. The first kappa shape index (κ1) is 16.0. The van der Waals surface area contributed by atoms with E-state index in [1.54, 1.807) is 6.92 Å². The average molecular weight is 353 g/mol. The van der Waals surface area contributed by atoms with E-state index in [4.69, 9.17) is 4.74 Å². The van der Waals surface area contributed by atoms with E-state index in [1.807, 2.05) is 28.9 Å². The lowest BCUT2D eigenvalue weighted by molar-refractivity contribution is 0.189. The summed E-state index contributed by atoms with van der Waals surface area (Å²) in [4.78, 5) is 0. The normalized spacial score (nSPS) is 12.4. The lowest BCUT2D eigenvalue weighted by Gasteiger charge is -2.14. The molecule has 1 atom stereocenters. The smallest absolute Gasteiger partial charge is 0.131 e. The van der Waals surface area contributed by atoms with E-state index < -0.39 is 6.10 Å². The van der Waals surface area contributed by atoms with E-state index in [2.05, 4.69) is 34.9 Å². The summed E-state index contributed by atoms with van der Waals surface area (Å²) in [5.41, 5.74) is 2.86. The Kier molecular flexibility index (Phi) is 5.42. The van der Waals surface area contributed by atoms with Crippen LogP contribution in [0.5, 0.6) is 5.75 Å². The zero-order chi connectivity index (χ0) is 15.4. The Labute approximate surface area is 133 Å². The van der Waals surface area contributed by atoms with Gasteiger partial charge in [-0.15, -0.1) is 0 Å². The Morgan fingerprint density at radius 3 is 2.67 bits per heavy atom. The molecule has 0 fully saturated rings. The quantitative estimate of drug-likeness (QED) is 0.858. The largest absolute Gasteiger partial charge is 0.487 e. The van der Waals surface area contributed by atoms with Crippen LogP contribution < -0.4 is 4.74 Å². The zero-order valence-electron chi connectivity index (χ0n) is 12.6. The van der Waals surface area contributed by atoms with Gasteiger partial charge in [-0.2, -0.15) is 5.10 Å². The molecule has 5 heteroatoms. The molecule has 0 amide bonds. The molecule has 2 aromatic rings. The van der Waals surface area contributed by atoms with Crippen LogP contribution >= 0.6 is 15.9 Å². The van der Waals surface area contributed by atoms with Gasteiger partial charge in [0.15, 0.2) is 0 Å². The number of halogens is 1. The molecule has 1 heterocycles. The van der Waals surface area contributed by atoms with Gasteiger partial charge in [0, 0.05) is 12.1 Å². The molecule has 1 aromatic carbocycles. The minimum atomic E-state index is -0.549. The first-order valence-electron chi connectivity index (χ1n) is 7.22. The lowest BCUT2D eigenvalue weighted by atomic mass is 10.1. The van der Waals surface area contributed by atoms with Crippen LogP contribution in [-0.2, 0) is 19.6 Å². The summed E-state index contributed by atoms with van der Waals surface area (Å²) in [6.07, 6.45) is 0.331. The highest BCUT2D eigenvalue weighted by Gasteiger charge is 2.15. The Morgan fingerprint density at radius 2 is 2.05 bits per heavy atom. The van der Waals surface area contributed by atoms with Crippen molar-refractivity contribution in [3.63, 3.8) is 0 Å². The number of ether oxygens (including phenoxy) is 1. The van der Waals surface area contributed by atoms with Gasteiger partial charge in [0.2, 0.25) is 0 Å². The predicted molar refractivity (Wildman–Crippen MR) is 86.4 cm³/mol. The molecule has 0 saturated carbocycles. The monoisotopic (exact) mass is 352 g/mol. The molecule has 4 nitrogen and oxygen atoms in total. The van der Waals surface area contributed by atoms with Crippen LogP contribution in [0.3, 0.4) is 0 Å². The van der Waals surface area contributed by atoms with Crippen molar-refractivity contribution < 1.29 is 9.84 Å². The molecular weight excluding hydrogens is 332 g/mol. The van der Waals surface area contributed by atoms with E-state index in [1.165, 1.54) is 0 Å². The molecule has 114 valence electrons. The Bertz CT molecular complexity index is 608. The van der Waals surface area contributed by atoms with Crippen molar-refractivity contribution in [1.82, 2.24) is 9.78 Å². The number of aryl methyl sites for hydroxylation is 2. The van der Waals surface area contributed by atoms with Crippen LogP contribution in [-0.4, -0.2) is 14.9 Å². The molecule has 1 aromatic heterocycles. The number of nitrogens with zero attached hydrogens (tertiary/aromatic N) is 2. The summed E-state index contributed by atoms with van der Waals surface area (Å²) in [5, 5.41) is 14.3. The summed E-state index contributed by atoms with van der Waals surface area (Å²) < 4.78 is 8.88. The van der Waals surface area contributed by atoms with Crippen molar-refractivity contribution in [3.8, 4) is 5.75 Å². The summed E-state index contributed by atoms with van der Waals surface area (Å²) in [6.45, 7) is 7.11. The Morgan fingerprint density at radius 1 is 1.33 bits per heavy atom. The fraction of sp³-hybridized carbons (Fsp3) is 0.438. The molecule has 0 radical (unpaired) electrons. The first-order valence-corrected chi connectivity index (χ1v) is 8.01. The third kappa shape index (κ3) is 3.47. The van der Waals surface area contributed by atoms with E-state index in [0.717, 1.165) is 34.4 Å². The molecule has 0 spiro atoms. The van der Waals surface area contributed by atoms with Gasteiger partial charge in [0.05, 0.1) is 22.0 Å². The van der Waals surface area contributed by atoms with Crippen molar-refractivity contribution in [3.05, 3.63) is 45.7 Å². The summed E-state index contributed by atoms with van der Waals surface area (Å²) in [6, 6.07) is 7.56. The number of aliphatic hydroxyl groups is 1. The Balaban J connectivity index is 2.23. The number of aromatic nitrogens is 2. The van der Waals surface area contributed by atoms with Crippen LogP contribution in [0.4, 0.5) is 0 Å². The van der Waals surface area contributed by atoms with E-state index in [9.17, 15) is 5.11 Å². The molecular formula is C16H21BrN2O2. The third-order valence-electron chi connectivity index (χ3n) is 3.43. The molecule has 0 aliphatic carbocycles. The van der Waals surface area contributed by atoms with Gasteiger partial charge in [0.1, 0.15) is 12.4 Å². The van der Waals surface area contributed by atoms with Gasteiger partial charge in [-0.3, -0.25) is 4.68 Å². The van der Waals surface area contributed by atoms with Crippen LogP contribution in [0, 0.1) is 0 Å². The number of para-hydroxylation sites is 1. The van der Waals surface area contributed by atoms with Crippen LogP contribution in [0.2, 0.25) is 0 Å². The predicted octanol–water partition coefficient (Wildman–Crippen LogP) is 3.86. The maximum Gasteiger partial charge on any atom is 0.131 e. The molecule has 0 aliphatic rings. The number of aliphatic hydroxyl groups excluding tert-OH is 1. The third-order valence-corrected chi connectivity index (χ3v) is 4.34. The first-order chi connectivity index (χ1) is 10.1. The van der Waals surface area contributed by atoms with Crippen LogP contribution in [0.1, 0.15) is 43.8 Å². The molecule has 0 aliphatic heterocycles. The van der Waals surface area contributed by atoms with Crippen LogP contribution in [0.15, 0.2) is 28.7 Å². The minimum absolute atomic E-state index is 0.422. The van der Waals surface area contributed by atoms with Gasteiger partial charge in [-0.1, -0.05) is 25.1 Å². The summed E-state index contributed by atoms with van der Waals surface area (Å²) in [7, 11) is 0. The topological polar surface area (TPSA) is 47.3 Å². The minimum Gasteiger partial charge on any atom is -0.487 e.